The normalized spacial score (nSPS) is 25.2. The number of nitrogens with zero attached hydrogens (tertiary/aromatic N) is 1. The van der Waals surface area contributed by atoms with Crippen LogP contribution in [0, 0.1) is 5.92 Å². The number of aromatic nitrogens is 1. The minimum atomic E-state index is 0.624. The number of rotatable bonds is 2. The molecule has 1 aliphatic heterocycles. The molecule has 0 spiro atoms. The Morgan fingerprint density at radius 1 is 1.41 bits per heavy atom. The van der Waals surface area contributed by atoms with E-state index in [1.165, 1.54) is 22.5 Å². The second-order valence-corrected chi connectivity index (χ2v) is 6.18. The molecule has 3 rings (SSSR count). The first kappa shape index (κ1) is 11.2. The van der Waals surface area contributed by atoms with E-state index in [1.807, 2.05) is 11.3 Å². The van der Waals surface area contributed by atoms with E-state index in [1.54, 1.807) is 0 Å². The average Bonchev–Trinajstić information content (AvgIpc) is 2.71. The molecule has 1 saturated heterocycles. The molecule has 0 amide bonds. The molecule has 0 bridgehead atoms. The molecule has 1 N–H and O–H groups in total. The van der Waals surface area contributed by atoms with Gasteiger partial charge in [-0.25, -0.2) is 4.98 Å². The van der Waals surface area contributed by atoms with Gasteiger partial charge in [-0.15, -0.1) is 11.3 Å². The van der Waals surface area contributed by atoms with Crippen molar-refractivity contribution in [3.8, 4) is 0 Å². The average molecular weight is 246 g/mol. The molecule has 2 nitrogen and oxygen atoms in total. The van der Waals surface area contributed by atoms with Gasteiger partial charge < -0.3 is 5.32 Å². The molecular weight excluding hydrogens is 228 g/mol. The minimum absolute atomic E-state index is 0.624. The number of hydrogen-bond donors (Lipinski definition) is 1. The van der Waals surface area contributed by atoms with E-state index in [-0.39, 0.29) is 0 Å². The minimum Gasteiger partial charge on any atom is -0.314 e. The summed E-state index contributed by atoms with van der Waals surface area (Å²) in [5, 5.41) is 4.88. The fourth-order valence-electron chi connectivity index (χ4n) is 2.59. The van der Waals surface area contributed by atoms with Crippen LogP contribution in [0.1, 0.15) is 24.8 Å². The Labute approximate surface area is 106 Å². The summed E-state index contributed by atoms with van der Waals surface area (Å²) in [6.45, 7) is 3.52. The number of piperidine rings is 1. The Morgan fingerprint density at radius 2 is 2.29 bits per heavy atom. The van der Waals surface area contributed by atoms with Crippen molar-refractivity contribution in [1.82, 2.24) is 10.3 Å². The summed E-state index contributed by atoms with van der Waals surface area (Å²) in [6, 6.07) is 9.04. The number of para-hydroxylation sites is 1. The third-order valence-corrected chi connectivity index (χ3v) is 4.57. The lowest BCUT2D eigenvalue weighted by Gasteiger charge is -2.27. The summed E-state index contributed by atoms with van der Waals surface area (Å²) in [5.41, 5.74) is 1.15. The first-order chi connectivity index (χ1) is 8.31. The zero-order chi connectivity index (χ0) is 11.7. The molecule has 2 unspecified atom stereocenters. The highest BCUT2D eigenvalue weighted by atomic mass is 32.1. The predicted molar refractivity (Wildman–Crippen MR) is 73.5 cm³/mol. The fourth-order valence-corrected chi connectivity index (χ4v) is 3.64. The maximum Gasteiger partial charge on any atom is 0.0954 e. The zero-order valence-electron chi connectivity index (χ0n) is 10.1. The first-order valence-corrected chi connectivity index (χ1v) is 7.21. The van der Waals surface area contributed by atoms with Crippen LogP contribution in [0.5, 0.6) is 0 Å². The molecule has 1 fully saturated rings. The van der Waals surface area contributed by atoms with Crippen LogP contribution in [0.4, 0.5) is 0 Å². The highest BCUT2D eigenvalue weighted by Gasteiger charge is 2.19. The van der Waals surface area contributed by atoms with Crippen molar-refractivity contribution in [1.29, 1.82) is 0 Å². The monoisotopic (exact) mass is 246 g/mol. The lowest BCUT2D eigenvalue weighted by Crippen LogP contribution is -2.38. The van der Waals surface area contributed by atoms with Crippen molar-refractivity contribution >= 4 is 21.6 Å². The highest BCUT2D eigenvalue weighted by molar-refractivity contribution is 7.18. The lowest BCUT2D eigenvalue weighted by molar-refractivity contribution is 0.318. The van der Waals surface area contributed by atoms with Crippen LogP contribution >= 0.6 is 11.3 Å². The van der Waals surface area contributed by atoms with Gasteiger partial charge in [-0.3, -0.25) is 0 Å². The van der Waals surface area contributed by atoms with E-state index in [4.69, 9.17) is 4.98 Å². The van der Waals surface area contributed by atoms with Crippen molar-refractivity contribution < 1.29 is 0 Å². The molecule has 3 heteroatoms. The molecule has 1 aromatic carbocycles. The Kier molecular flexibility index (Phi) is 3.12. The molecule has 90 valence electrons. The Bertz CT molecular complexity index is 473. The third kappa shape index (κ3) is 2.50. The van der Waals surface area contributed by atoms with Crippen LogP contribution in [-0.2, 0) is 6.42 Å². The summed E-state index contributed by atoms with van der Waals surface area (Å²) in [5.74, 6) is 0.857. The third-order valence-electron chi connectivity index (χ3n) is 3.52. The van der Waals surface area contributed by atoms with Gasteiger partial charge in [0.2, 0.25) is 0 Å². The van der Waals surface area contributed by atoms with E-state index in [0.717, 1.165) is 24.4 Å². The quantitative estimate of drug-likeness (QED) is 0.880. The van der Waals surface area contributed by atoms with Crippen molar-refractivity contribution in [2.45, 2.75) is 32.2 Å². The SMILES string of the molecule is CC1CCNC(Cc2nc3ccccc3s2)C1. The largest absolute Gasteiger partial charge is 0.314 e. The first-order valence-electron chi connectivity index (χ1n) is 6.39. The molecule has 17 heavy (non-hydrogen) atoms. The van der Waals surface area contributed by atoms with Gasteiger partial charge in [-0.05, 0) is 37.4 Å². The van der Waals surface area contributed by atoms with Crippen molar-refractivity contribution in [3.05, 3.63) is 29.3 Å². The van der Waals surface area contributed by atoms with Gasteiger partial charge in [-0.1, -0.05) is 19.1 Å². The van der Waals surface area contributed by atoms with E-state index in [2.05, 4.69) is 36.5 Å². The molecule has 0 saturated carbocycles. The summed E-state index contributed by atoms with van der Waals surface area (Å²) in [4.78, 5) is 4.71. The van der Waals surface area contributed by atoms with Gasteiger partial charge in [0, 0.05) is 12.5 Å². The molecule has 0 radical (unpaired) electrons. The van der Waals surface area contributed by atoms with E-state index in [9.17, 15) is 0 Å². The van der Waals surface area contributed by atoms with E-state index in [0.29, 0.717) is 6.04 Å². The van der Waals surface area contributed by atoms with Crippen LogP contribution in [0.15, 0.2) is 24.3 Å². The number of benzene rings is 1. The van der Waals surface area contributed by atoms with Crippen molar-refractivity contribution in [2.75, 3.05) is 6.54 Å². The maximum absolute atomic E-state index is 4.71. The maximum atomic E-state index is 4.71. The molecule has 2 heterocycles. The highest BCUT2D eigenvalue weighted by Crippen LogP contribution is 2.25. The van der Waals surface area contributed by atoms with Gasteiger partial charge in [-0.2, -0.15) is 0 Å². The van der Waals surface area contributed by atoms with E-state index < -0.39 is 0 Å². The second-order valence-electron chi connectivity index (χ2n) is 5.06. The second kappa shape index (κ2) is 4.75. The van der Waals surface area contributed by atoms with Crippen molar-refractivity contribution in [3.63, 3.8) is 0 Å². The van der Waals surface area contributed by atoms with Crippen LogP contribution < -0.4 is 5.32 Å². The number of thiazole rings is 1. The van der Waals surface area contributed by atoms with E-state index >= 15 is 0 Å². The summed E-state index contributed by atoms with van der Waals surface area (Å²) in [6.07, 6.45) is 3.69. The van der Waals surface area contributed by atoms with Gasteiger partial charge in [0.25, 0.3) is 0 Å². The Morgan fingerprint density at radius 3 is 3.12 bits per heavy atom. The van der Waals surface area contributed by atoms with Crippen LogP contribution in [0.25, 0.3) is 10.2 Å². The van der Waals surface area contributed by atoms with Crippen molar-refractivity contribution in [2.24, 2.45) is 5.92 Å². The lowest BCUT2D eigenvalue weighted by atomic mass is 9.93. The molecular formula is C14H18N2S. The summed E-state index contributed by atoms with van der Waals surface area (Å²) >= 11 is 1.84. The number of fused-ring (bicyclic) bond motifs is 1. The molecule has 1 aromatic heterocycles. The van der Waals surface area contributed by atoms with Gasteiger partial charge >= 0.3 is 0 Å². The molecule has 0 aliphatic carbocycles. The predicted octanol–water partition coefficient (Wildman–Crippen LogP) is 3.23. The van der Waals surface area contributed by atoms with Crippen LogP contribution in [0.2, 0.25) is 0 Å². The number of nitrogens with one attached hydrogen (secondary N) is 1. The zero-order valence-corrected chi connectivity index (χ0v) is 11.0. The molecule has 2 atom stereocenters. The van der Waals surface area contributed by atoms with Crippen LogP contribution in [0.3, 0.4) is 0 Å². The standard InChI is InChI=1S/C14H18N2S/c1-10-6-7-15-11(8-10)9-14-16-12-4-2-3-5-13(12)17-14/h2-5,10-11,15H,6-9H2,1H3. The van der Waals surface area contributed by atoms with Gasteiger partial charge in [0.15, 0.2) is 0 Å². The molecule has 1 aliphatic rings. The fraction of sp³-hybridized carbons (Fsp3) is 0.500. The van der Waals surface area contributed by atoms with Gasteiger partial charge in [0.1, 0.15) is 0 Å². The summed E-state index contributed by atoms with van der Waals surface area (Å²) < 4.78 is 1.31. The Hall–Kier alpha value is -0.930. The number of hydrogen-bond acceptors (Lipinski definition) is 3. The molecule has 2 aromatic rings. The summed E-state index contributed by atoms with van der Waals surface area (Å²) in [7, 11) is 0. The topological polar surface area (TPSA) is 24.9 Å². The van der Waals surface area contributed by atoms with Gasteiger partial charge in [0.05, 0.1) is 15.2 Å². The smallest absolute Gasteiger partial charge is 0.0954 e. The Balaban J connectivity index is 1.75. The van der Waals surface area contributed by atoms with Crippen LogP contribution in [-0.4, -0.2) is 17.6 Å².